The Kier molecular flexibility index (Phi) is 53.7. The van der Waals surface area contributed by atoms with Gasteiger partial charge in [-0.15, -0.1) is 6.58 Å². The third-order valence-electron chi connectivity index (χ3n) is 0.109. The van der Waals surface area contributed by atoms with Gasteiger partial charge in [-0.25, -0.2) is 0 Å². The van der Waals surface area contributed by atoms with E-state index in [4.69, 9.17) is 15.0 Å². The number of allylic oxidation sites excluding steroid dienone is 1. The van der Waals surface area contributed by atoms with Gasteiger partial charge in [0.25, 0.3) is 0 Å². The summed E-state index contributed by atoms with van der Waals surface area (Å²) in [6, 6.07) is 0. The van der Waals surface area contributed by atoms with Crippen LogP contribution in [0.5, 0.6) is 0 Å². The molecule has 0 amide bonds. The van der Waals surface area contributed by atoms with E-state index >= 15 is 0 Å². The van der Waals surface area contributed by atoms with E-state index in [-0.39, 0.29) is 138 Å². The van der Waals surface area contributed by atoms with Crippen LogP contribution in [0.25, 0.3) is 0 Å². The number of hydrogen-bond acceptors (Lipinski definition) is 3. The summed E-state index contributed by atoms with van der Waals surface area (Å²) >= 11 is 3.13. The molecule has 48 valence electrons. The molecule has 6 heteroatoms. The number of carbonyl (C=O) groups excluding carboxylic acids is 1. The number of rotatable bonds is 1. The fourth-order valence-electron chi connectivity index (χ4n) is 0. The SMILES string of the molecule is C=CCBr.O=C([O-])[O-].[Cs+].[Cs+]. The first-order valence-corrected chi connectivity index (χ1v) is 2.82. The second kappa shape index (κ2) is 22.9. The van der Waals surface area contributed by atoms with Crippen molar-refractivity contribution in [3.8, 4) is 0 Å². The van der Waals surface area contributed by atoms with Gasteiger partial charge in [-0.1, -0.05) is 22.0 Å². The van der Waals surface area contributed by atoms with Crippen LogP contribution in [0.4, 0.5) is 4.79 Å². The number of carbonyl (C=O) groups is 1. The third kappa shape index (κ3) is 61.7. The summed E-state index contributed by atoms with van der Waals surface area (Å²) in [6.07, 6.45) is -0.542. The van der Waals surface area contributed by atoms with Gasteiger partial charge in [-0.3, -0.25) is 0 Å². The standard InChI is InChI=1S/C3H5Br.CH2O3.2Cs/c1-2-3-4;2-1(3)4;;/h2H,1,3H2;(H2,2,3,4);;/q;;2*+1/p-2. The Bertz CT molecular complexity index is 74.9. The third-order valence-corrected chi connectivity index (χ3v) is 0.567. The summed E-state index contributed by atoms with van der Waals surface area (Å²) in [5.74, 6) is 0. The van der Waals surface area contributed by atoms with Gasteiger partial charge in [0.15, 0.2) is 0 Å². The van der Waals surface area contributed by atoms with Crippen molar-refractivity contribution in [2.24, 2.45) is 0 Å². The van der Waals surface area contributed by atoms with Crippen LogP contribution in [0.15, 0.2) is 12.7 Å². The molecule has 10 heavy (non-hydrogen) atoms. The predicted molar refractivity (Wildman–Crippen MR) is 29.4 cm³/mol. The fraction of sp³-hybridized carbons (Fsp3) is 0.250. The summed E-state index contributed by atoms with van der Waals surface area (Å²) in [5.41, 5.74) is 0. The summed E-state index contributed by atoms with van der Waals surface area (Å²) in [4.78, 5) is 8.33. The van der Waals surface area contributed by atoms with Gasteiger partial charge in [0.05, 0.1) is 0 Å². The van der Waals surface area contributed by atoms with E-state index in [1.807, 2.05) is 0 Å². The van der Waals surface area contributed by atoms with Crippen LogP contribution in [0.3, 0.4) is 0 Å². The zero-order valence-corrected chi connectivity index (χ0v) is 20.2. The van der Waals surface area contributed by atoms with Crippen LogP contribution < -0.4 is 148 Å². The molecule has 0 radical (unpaired) electrons. The number of halogens is 1. The molecule has 0 aromatic carbocycles. The molecule has 0 aromatic heterocycles. The first-order chi connectivity index (χ1) is 3.65. The monoisotopic (exact) mass is 446 g/mol. The maximum Gasteiger partial charge on any atom is 1.00 e. The van der Waals surface area contributed by atoms with Crippen molar-refractivity contribution in [3.05, 3.63) is 12.7 Å². The molecule has 0 aliphatic rings. The normalized spacial score (nSPS) is 4.90. The average Bonchev–Trinajstić information content (AvgIpc) is 1.65. The van der Waals surface area contributed by atoms with Crippen LogP contribution in [0.2, 0.25) is 0 Å². The zero-order chi connectivity index (χ0) is 6.99. The Hall–Kier alpha value is 3.59. The predicted octanol–water partition coefficient (Wildman–Crippen LogP) is -6.87. The average molecular weight is 447 g/mol. The smallest absolute Gasteiger partial charge is 0.652 e. The van der Waals surface area contributed by atoms with Crippen molar-refractivity contribution >= 4 is 22.1 Å². The maximum absolute atomic E-state index is 8.33. The topological polar surface area (TPSA) is 63.2 Å². The van der Waals surface area contributed by atoms with Gasteiger partial charge in [0.1, 0.15) is 0 Å². The van der Waals surface area contributed by atoms with Crippen molar-refractivity contribution in [3.63, 3.8) is 0 Å². The van der Waals surface area contributed by atoms with E-state index < -0.39 is 6.16 Å². The molecule has 0 unspecified atom stereocenters. The first-order valence-electron chi connectivity index (χ1n) is 1.70. The molecule has 0 aromatic rings. The Morgan fingerprint density at radius 3 is 1.60 bits per heavy atom. The zero-order valence-electron chi connectivity index (χ0n) is 6.09. The quantitative estimate of drug-likeness (QED) is 0.297. The molecular weight excluding hydrogens is 442 g/mol. The molecule has 0 bridgehead atoms. The van der Waals surface area contributed by atoms with Crippen LogP contribution in [0, 0.1) is 0 Å². The summed E-state index contributed by atoms with van der Waals surface area (Å²) in [5, 5.41) is 17.6. The first kappa shape index (κ1) is 23.4. The van der Waals surface area contributed by atoms with Crippen LogP contribution in [-0.4, -0.2) is 11.5 Å². The molecule has 0 saturated heterocycles. The number of hydrogen-bond donors (Lipinski definition) is 0. The van der Waals surface area contributed by atoms with Crippen molar-refractivity contribution in [2.75, 3.05) is 5.33 Å². The van der Waals surface area contributed by atoms with Crippen molar-refractivity contribution in [2.45, 2.75) is 0 Å². The van der Waals surface area contributed by atoms with Gasteiger partial charge in [0.2, 0.25) is 0 Å². The second-order valence-electron chi connectivity index (χ2n) is 0.693. The number of alkyl halides is 1. The van der Waals surface area contributed by atoms with E-state index in [9.17, 15) is 0 Å². The molecule has 0 rings (SSSR count). The Morgan fingerprint density at radius 2 is 1.60 bits per heavy atom. The van der Waals surface area contributed by atoms with Gasteiger partial charge in [-0.05, 0) is 6.16 Å². The fourth-order valence-corrected chi connectivity index (χ4v) is 0. The molecule has 0 spiro atoms. The van der Waals surface area contributed by atoms with Crippen LogP contribution in [0.1, 0.15) is 0 Å². The van der Waals surface area contributed by atoms with Crippen LogP contribution in [-0.2, 0) is 0 Å². The molecule has 3 nitrogen and oxygen atoms in total. The molecule has 0 saturated carbocycles. The van der Waals surface area contributed by atoms with E-state index in [0.29, 0.717) is 0 Å². The van der Waals surface area contributed by atoms with Gasteiger partial charge >= 0.3 is 138 Å². The molecule has 0 aliphatic carbocycles. The molecule has 0 atom stereocenters. The maximum atomic E-state index is 8.33. The Morgan fingerprint density at radius 1 is 1.50 bits per heavy atom. The molecule has 0 N–H and O–H groups in total. The Labute approximate surface area is 186 Å². The molecule has 0 fully saturated rings. The molecular formula is C4H5BrCs2O3. The summed E-state index contributed by atoms with van der Waals surface area (Å²) < 4.78 is 0. The number of carboxylic acid groups (broad SMARTS) is 2. The molecule has 0 heterocycles. The minimum atomic E-state index is -2.33. The van der Waals surface area contributed by atoms with E-state index in [0.717, 1.165) is 5.33 Å². The van der Waals surface area contributed by atoms with Gasteiger partial charge < -0.3 is 15.0 Å². The second-order valence-corrected chi connectivity index (χ2v) is 1.34. The van der Waals surface area contributed by atoms with E-state index in [2.05, 4.69) is 22.5 Å². The minimum absolute atomic E-state index is 0. The van der Waals surface area contributed by atoms with Crippen molar-refractivity contribution in [1.29, 1.82) is 0 Å². The minimum Gasteiger partial charge on any atom is -0.652 e. The largest absolute Gasteiger partial charge is 1.00 e. The van der Waals surface area contributed by atoms with Crippen molar-refractivity contribution < 1.29 is 153 Å². The van der Waals surface area contributed by atoms with Crippen molar-refractivity contribution in [1.82, 2.24) is 0 Å². The summed E-state index contributed by atoms with van der Waals surface area (Å²) in [6.45, 7) is 3.43. The van der Waals surface area contributed by atoms with Crippen LogP contribution >= 0.6 is 15.9 Å². The Balaban J connectivity index is -0.0000000300. The molecule has 0 aliphatic heterocycles. The summed E-state index contributed by atoms with van der Waals surface area (Å²) in [7, 11) is 0. The van der Waals surface area contributed by atoms with Gasteiger partial charge in [0, 0.05) is 5.33 Å². The van der Waals surface area contributed by atoms with Gasteiger partial charge in [-0.2, -0.15) is 0 Å². The van der Waals surface area contributed by atoms with E-state index in [1.54, 1.807) is 6.08 Å². The van der Waals surface area contributed by atoms with E-state index in [1.165, 1.54) is 0 Å².